The van der Waals surface area contributed by atoms with Crippen LogP contribution in [0.25, 0.3) is 156 Å². The van der Waals surface area contributed by atoms with E-state index in [4.69, 9.17) is 24.9 Å². The van der Waals surface area contributed by atoms with Gasteiger partial charge in [0, 0.05) is 43.8 Å². The molecule has 2 aliphatic rings. The normalized spacial score (nSPS) is 12.9. The van der Waals surface area contributed by atoms with Gasteiger partial charge in [0.05, 0.1) is 11.4 Å². The molecule has 3 aromatic heterocycles. The Kier molecular flexibility index (Phi) is 15.5. The minimum Gasteiger partial charge on any atom is -0.324 e. The van der Waals surface area contributed by atoms with Crippen molar-refractivity contribution in [3.63, 3.8) is 0 Å². The van der Waals surface area contributed by atoms with Gasteiger partial charge in [-0.15, -0.1) is 0 Å². The highest BCUT2D eigenvalue weighted by Gasteiger charge is 2.29. The number of hydrogen-bond donors (Lipinski definition) is 2. The SMILES string of the molecule is CC(C)(C)c1ccc(-c2cc3c(cc2-c2ccc(C(C)(C)C)cc2)-c2nc-3nc3[nH]c(nc4cc(nc5[nH]c(n2)c2cc(-c6ccc(C(C)(C)C)cc6)c(-c6ccc(C(C)(C)C)cc6)cc52)-c2ccccc2-4)c2cc(-c4ccc(C(C)(C)C)cc4)c(-c4ccc(C(C)(C)C)cc4)cc32)cc1. The fourth-order valence-corrected chi connectivity index (χ4v) is 14.4. The largest absolute Gasteiger partial charge is 0.324 e. The molecule has 0 unspecified atom stereocenters. The highest BCUT2D eigenvalue weighted by Crippen LogP contribution is 2.48. The van der Waals surface area contributed by atoms with Crippen molar-refractivity contribution in [2.24, 2.45) is 0 Å². The van der Waals surface area contributed by atoms with Crippen LogP contribution in [0.1, 0.15) is 158 Å². The summed E-state index contributed by atoms with van der Waals surface area (Å²) in [5.41, 5.74) is 28.6. The van der Waals surface area contributed by atoms with Crippen LogP contribution >= 0.6 is 0 Å². The molecule has 0 spiro atoms. The van der Waals surface area contributed by atoms with E-state index in [0.717, 1.165) is 122 Å². The fraction of sp³-hybridized carbons (Fsp3) is 0.258. The zero-order valence-corrected chi connectivity index (χ0v) is 61.4. The lowest BCUT2D eigenvalue weighted by molar-refractivity contribution is 0.590. The molecule has 4 heterocycles. The van der Waals surface area contributed by atoms with Crippen molar-refractivity contribution in [2.75, 3.05) is 0 Å². The van der Waals surface area contributed by atoms with Crippen LogP contribution in [0.2, 0.25) is 0 Å². The zero-order chi connectivity index (χ0) is 70.3. The summed E-state index contributed by atoms with van der Waals surface area (Å²) in [7, 11) is 0. The Morgan fingerprint density at radius 3 is 0.630 bits per heavy atom. The first-order valence-corrected chi connectivity index (χ1v) is 35.5. The molecule has 2 N–H and O–H groups in total. The van der Waals surface area contributed by atoms with Gasteiger partial charge in [-0.2, -0.15) is 0 Å². The summed E-state index contributed by atoms with van der Waals surface area (Å²) >= 11 is 0. The van der Waals surface area contributed by atoms with Crippen molar-refractivity contribution >= 4 is 44.1 Å². The van der Waals surface area contributed by atoms with Gasteiger partial charge in [-0.05, 0) is 175 Å². The smallest absolute Gasteiger partial charge is 0.164 e. The molecule has 7 heteroatoms. The Balaban J connectivity index is 1.09. The standard InChI is InChI=1S/C93H91N7/c1-88(2,3)60-35-23-54(24-36-60)68-47-74-76(49-70(68)56-27-39-62(40-28-56)90(7,8)9)84-96-82(74)94-80-53-81(67-22-20-19-21-66(67)80)95-83-75-48-69(55-25-37-61(38-26-55)89(4,5)6)71(57-29-41-63(42-30-57)91(10,11)12)50-77(75)85(97-83)99-87-79-52-73(59-33-45-65(46-34-59)93(16,17)18)72(51-78(79)86(98-84)100-87)58-31-43-64(44-32-58)92(13,14)15/h19-53H,1-18H3,(H2,94,95,96,97,98,99,100). The topological polar surface area (TPSA) is 96.0 Å². The van der Waals surface area contributed by atoms with Crippen LogP contribution in [0.15, 0.2) is 212 Å². The number of aromatic amines is 2. The lowest BCUT2D eigenvalue weighted by atomic mass is 9.84. The monoisotopic (exact) mass is 1310 g/mol. The summed E-state index contributed by atoms with van der Waals surface area (Å²) < 4.78 is 0. The van der Waals surface area contributed by atoms with E-state index < -0.39 is 0 Å². The van der Waals surface area contributed by atoms with Crippen LogP contribution in [0.4, 0.5) is 0 Å². The number of aromatic nitrogens is 7. The third-order valence-corrected chi connectivity index (χ3v) is 20.7. The maximum absolute atomic E-state index is 5.82. The molecule has 0 amide bonds. The number of nitrogens with one attached hydrogen (secondary N) is 2. The van der Waals surface area contributed by atoms with E-state index in [1.807, 2.05) is 0 Å². The van der Waals surface area contributed by atoms with Crippen LogP contribution in [-0.2, 0) is 32.5 Å². The number of rotatable bonds is 6. The summed E-state index contributed by atoms with van der Waals surface area (Å²) in [6.07, 6.45) is 0. The van der Waals surface area contributed by atoms with Crippen molar-refractivity contribution in [1.29, 1.82) is 0 Å². The van der Waals surface area contributed by atoms with E-state index in [9.17, 15) is 0 Å². The quantitative estimate of drug-likeness (QED) is 0.173. The minimum absolute atomic E-state index is 0.0197. The number of nitrogens with zero attached hydrogens (tertiary/aromatic N) is 5. The second-order valence-electron chi connectivity index (χ2n) is 34.1. The first-order valence-electron chi connectivity index (χ1n) is 35.5. The number of H-pyrrole nitrogens is 2. The third-order valence-electron chi connectivity index (χ3n) is 20.7. The fourth-order valence-electron chi connectivity index (χ4n) is 14.4. The highest BCUT2D eigenvalue weighted by atomic mass is 15.0. The summed E-state index contributed by atoms with van der Waals surface area (Å²) in [5, 5.41) is 3.71. The van der Waals surface area contributed by atoms with Gasteiger partial charge in [0.25, 0.3) is 0 Å². The molecular weight excluding hydrogens is 1220 g/mol. The highest BCUT2D eigenvalue weighted by molar-refractivity contribution is 6.12. The predicted octanol–water partition coefficient (Wildman–Crippen LogP) is 25.3. The molecule has 0 fully saturated rings. The predicted molar refractivity (Wildman–Crippen MR) is 423 cm³/mol. The Morgan fingerprint density at radius 1 is 0.200 bits per heavy atom. The molecule has 13 aromatic rings. The first kappa shape index (κ1) is 65.6. The molecule has 0 saturated heterocycles. The van der Waals surface area contributed by atoms with Crippen molar-refractivity contribution in [2.45, 2.75) is 157 Å². The molecule has 498 valence electrons. The van der Waals surface area contributed by atoms with Gasteiger partial charge in [0.15, 0.2) is 11.6 Å². The summed E-state index contributed by atoms with van der Waals surface area (Å²) in [4.78, 5) is 36.6. The summed E-state index contributed by atoms with van der Waals surface area (Å²) in [6.45, 7) is 40.9. The van der Waals surface area contributed by atoms with Crippen molar-refractivity contribution < 1.29 is 0 Å². The van der Waals surface area contributed by atoms with Gasteiger partial charge in [0.2, 0.25) is 0 Å². The van der Waals surface area contributed by atoms with Crippen LogP contribution in [0.5, 0.6) is 0 Å². The molecule has 7 nitrogen and oxygen atoms in total. The molecule has 0 saturated carbocycles. The van der Waals surface area contributed by atoms with E-state index in [1.54, 1.807) is 0 Å². The van der Waals surface area contributed by atoms with Gasteiger partial charge < -0.3 is 9.97 Å². The van der Waals surface area contributed by atoms with Gasteiger partial charge in [-0.25, -0.2) is 24.9 Å². The lowest BCUT2D eigenvalue weighted by Crippen LogP contribution is -2.10. The molecule has 1 aliphatic heterocycles. The molecular formula is C93H91N7. The van der Waals surface area contributed by atoms with Crippen molar-refractivity contribution in [3.05, 3.63) is 246 Å². The Labute approximate surface area is 590 Å². The van der Waals surface area contributed by atoms with E-state index in [1.165, 1.54) is 33.4 Å². The molecule has 0 radical (unpaired) electrons. The van der Waals surface area contributed by atoms with E-state index in [2.05, 4.69) is 347 Å². The maximum atomic E-state index is 5.82. The van der Waals surface area contributed by atoms with Crippen molar-refractivity contribution in [3.8, 4) is 112 Å². The van der Waals surface area contributed by atoms with Gasteiger partial charge in [-0.3, -0.25) is 0 Å². The van der Waals surface area contributed by atoms with Crippen molar-refractivity contribution in [1.82, 2.24) is 34.9 Å². The maximum Gasteiger partial charge on any atom is 0.164 e. The summed E-state index contributed by atoms with van der Waals surface area (Å²) in [5.74, 6) is 1.08. The van der Waals surface area contributed by atoms with Gasteiger partial charge in [-0.1, -0.05) is 294 Å². The average molecular weight is 1310 g/mol. The Morgan fingerprint density at radius 2 is 0.410 bits per heavy atom. The van der Waals surface area contributed by atoms with Gasteiger partial charge >= 0.3 is 0 Å². The van der Waals surface area contributed by atoms with Crippen LogP contribution in [0.3, 0.4) is 0 Å². The molecule has 15 rings (SSSR count). The number of fused-ring (bicyclic) bond motifs is 20. The van der Waals surface area contributed by atoms with E-state index >= 15 is 0 Å². The first-order chi connectivity index (χ1) is 47.3. The Hall–Kier alpha value is -10.4. The molecule has 1 aliphatic carbocycles. The second kappa shape index (κ2) is 23.7. The minimum atomic E-state index is -0.0345. The molecule has 100 heavy (non-hydrogen) atoms. The number of hydrogen-bond acceptors (Lipinski definition) is 5. The Bertz CT molecular complexity index is 5220. The van der Waals surface area contributed by atoms with E-state index in [0.29, 0.717) is 34.2 Å². The van der Waals surface area contributed by atoms with Crippen LogP contribution < -0.4 is 0 Å². The van der Waals surface area contributed by atoms with Crippen LogP contribution in [-0.4, -0.2) is 34.9 Å². The average Bonchev–Trinajstić information content (AvgIpc) is 1.56. The number of benzene rings is 10. The molecule has 10 aromatic carbocycles. The summed E-state index contributed by atoms with van der Waals surface area (Å²) in [6, 6.07) is 79.3. The van der Waals surface area contributed by atoms with E-state index in [-0.39, 0.29) is 32.5 Å². The lowest BCUT2D eigenvalue weighted by Gasteiger charge is -2.21. The molecule has 0 atom stereocenters. The zero-order valence-electron chi connectivity index (χ0n) is 61.4. The van der Waals surface area contributed by atoms with Gasteiger partial charge in [0.1, 0.15) is 22.6 Å². The third kappa shape index (κ3) is 12.2. The van der Waals surface area contributed by atoms with Crippen LogP contribution in [0, 0.1) is 0 Å². The second-order valence-corrected chi connectivity index (χ2v) is 34.1. The molecule has 8 bridgehead atoms.